The minimum atomic E-state index is -3.30. The predicted molar refractivity (Wildman–Crippen MR) is 113 cm³/mol. The van der Waals surface area contributed by atoms with Crippen LogP contribution >= 0.6 is 0 Å². The Labute approximate surface area is 175 Å². The van der Waals surface area contributed by atoms with Crippen molar-refractivity contribution in [2.75, 3.05) is 29.4 Å². The number of sulfonamides is 1. The second-order valence-electron chi connectivity index (χ2n) is 7.08. The highest BCUT2D eigenvalue weighted by Gasteiger charge is 2.22. The minimum Gasteiger partial charge on any atom is -0.365 e. The van der Waals surface area contributed by atoms with Crippen LogP contribution in [0.25, 0.3) is 6.08 Å². The summed E-state index contributed by atoms with van der Waals surface area (Å²) in [5.41, 5.74) is 3.60. The van der Waals surface area contributed by atoms with Gasteiger partial charge in [0.2, 0.25) is 10.0 Å². The predicted octanol–water partition coefficient (Wildman–Crippen LogP) is 1.05. The molecule has 2 heterocycles. The van der Waals surface area contributed by atoms with Gasteiger partial charge in [0.25, 0.3) is 5.91 Å². The molecule has 160 valence electrons. The molecule has 10 nitrogen and oxygen atoms in total. The summed E-state index contributed by atoms with van der Waals surface area (Å²) in [7, 11) is -3.30. The largest absolute Gasteiger partial charge is 0.365 e. The summed E-state index contributed by atoms with van der Waals surface area (Å²) in [6, 6.07) is 7.61. The Morgan fingerprint density at radius 3 is 2.87 bits per heavy atom. The maximum Gasteiger partial charge on any atom is 0.267 e. The number of likely N-dealkylation sites (tertiary alicyclic amines) is 1. The molecule has 1 fully saturated rings. The molecular weight excluding hydrogens is 408 g/mol. The molecule has 0 saturated carbocycles. The number of hydroxylamine groups is 1. The highest BCUT2D eigenvalue weighted by atomic mass is 32.2. The zero-order valence-electron chi connectivity index (χ0n) is 16.4. The topological polar surface area (TPSA) is 137 Å². The molecule has 1 amide bonds. The lowest BCUT2D eigenvalue weighted by atomic mass is 10.2. The maximum atomic E-state index is 11.4. The number of aromatic nitrogens is 2. The van der Waals surface area contributed by atoms with Crippen molar-refractivity contribution in [2.24, 2.45) is 0 Å². The number of benzene rings is 1. The number of carbonyl (C=O) groups excluding carboxylic acids is 1. The van der Waals surface area contributed by atoms with Gasteiger partial charge >= 0.3 is 0 Å². The first-order valence-electron chi connectivity index (χ1n) is 9.30. The Morgan fingerprint density at radius 1 is 1.33 bits per heavy atom. The summed E-state index contributed by atoms with van der Waals surface area (Å²) < 4.78 is 25.3. The second-order valence-corrected chi connectivity index (χ2v) is 8.82. The van der Waals surface area contributed by atoms with E-state index in [1.165, 1.54) is 17.8 Å². The number of amides is 1. The van der Waals surface area contributed by atoms with Crippen molar-refractivity contribution in [1.29, 1.82) is 0 Å². The van der Waals surface area contributed by atoms with Gasteiger partial charge in [-0.15, -0.1) is 0 Å². The van der Waals surface area contributed by atoms with Gasteiger partial charge in [0.15, 0.2) is 0 Å². The van der Waals surface area contributed by atoms with Crippen LogP contribution in [0, 0.1) is 0 Å². The summed E-state index contributed by atoms with van der Waals surface area (Å²) >= 11 is 0. The molecule has 1 aliphatic heterocycles. The summed E-state index contributed by atoms with van der Waals surface area (Å²) in [5.74, 6) is 0.00708. The Balaban J connectivity index is 1.52. The third kappa shape index (κ3) is 6.79. The molecule has 1 aromatic heterocycles. The Morgan fingerprint density at radius 2 is 2.17 bits per heavy atom. The zero-order chi connectivity index (χ0) is 21.6. The van der Waals surface area contributed by atoms with Gasteiger partial charge in [0, 0.05) is 37.4 Å². The Kier molecular flexibility index (Phi) is 6.98. The van der Waals surface area contributed by atoms with E-state index in [0.29, 0.717) is 17.2 Å². The average molecular weight is 433 g/mol. The molecular formula is C19H24N6O4S. The SMILES string of the molecule is CS(=O)(=O)Nc1cccc(CN2CC[C@@H](Nc3cnc(C=CC(=O)NO)cn3)C2)c1. The smallest absolute Gasteiger partial charge is 0.267 e. The van der Waals surface area contributed by atoms with Gasteiger partial charge in [-0.1, -0.05) is 12.1 Å². The van der Waals surface area contributed by atoms with Gasteiger partial charge in [0.1, 0.15) is 5.82 Å². The Hall–Kier alpha value is -3.02. The molecule has 11 heteroatoms. The summed E-state index contributed by atoms with van der Waals surface area (Å²) in [4.78, 5) is 21.8. The average Bonchev–Trinajstić information content (AvgIpc) is 3.12. The number of anilines is 2. The monoisotopic (exact) mass is 432 g/mol. The molecule has 30 heavy (non-hydrogen) atoms. The van der Waals surface area contributed by atoms with E-state index >= 15 is 0 Å². The van der Waals surface area contributed by atoms with E-state index < -0.39 is 15.9 Å². The van der Waals surface area contributed by atoms with Gasteiger partial charge in [0.05, 0.1) is 24.3 Å². The van der Waals surface area contributed by atoms with E-state index in [1.807, 2.05) is 18.2 Å². The molecule has 1 saturated heterocycles. The number of hydrogen-bond acceptors (Lipinski definition) is 8. The van der Waals surface area contributed by atoms with Crippen LogP contribution in [0.4, 0.5) is 11.5 Å². The quantitative estimate of drug-likeness (QED) is 0.276. The number of nitrogens with one attached hydrogen (secondary N) is 3. The summed E-state index contributed by atoms with van der Waals surface area (Å²) in [6.45, 7) is 2.45. The fourth-order valence-electron chi connectivity index (χ4n) is 3.21. The van der Waals surface area contributed by atoms with Crippen molar-refractivity contribution in [3.8, 4) is 0 Å². The summed E-state index contributed by atoms with van der Waals surface area (Å²) in [6.07, 6.45) is 7.82. The van der Waals surface area contributed by atoms with Crippen molar-refractivity contribution < 1.29 is 18.4 Å². The van der Waals surface area contributed by atoms with Crippen molar-refractivity contribution in [1.82, 2.24) is 20.3 Å². The van der Waals surface area contributed by atoms with Gasteiger partial charge < -0.3 is 5.32 Å². The van der Waals surface area contributed by atoms with Gasteiger partial charge in [-0.05, 0) is 30.2 Å². The highest BCUT2D eigenvalue weighted by Crippen LogP contribution is 2.19. The standard InChI is InChI=1S/C19H24N6O4S/c1-30(28,29)24-15-4-2-3-14(9-15)12-25-8-7-17(13-25)22-18-11-20-16(10-21-18)5-6-19(26)23-27/h2-6,9-11,17,24,27H,7-8,12-13H2,1H3,(H,21,22)(H,23,26)/t17-/m1/s1. The van der Waals surface area contributed by atoms with Gasteiger partial charge in [-0.25, -0.2) is 18.9 Å². The molecule has 4 N–H and O–H groups in total. The van der Waals surface area contributed by atoms with Crippen molar-refractivity contribution in [3.05, 3.63) is 54.0 Å². The number of rotatable bonds is 8. The second kappa shape index (κ2) is 9.65. The molecule has 0 radical (unpaired) electrons. The van der Waals surface area contributed by atoms with Crippen LogP contribution in [0.15, 0.2) is 42.7 Å². The lowest BCUT2D eigenvalue weighted by Gasteiger charge is -2.17. The van der Waals surface area contributed by atoms with E-state index in [2.05, 4.69) is 24.9 Å². The molecule has 1 aliphatic rings. The van der Waals surface area contributed by atoms with Crippen molar-refractivity contribution in [3.63, 3.8) is 0 Å². The first-order valence-corrected chi connectivity index (χ1v) is 11.2. The van der Waals surface area contributed by atoms with Crippen LogP contribution in [0.5, 0.6) is 0 Å². The molecule has 0 spiro atoms. The van der Waals surface area contributed by atoms with E-state index in [4.69, 9.17) is 5.21 Å². The number of carbonyl (C=O) groups is 1. The molecule has 0 bridgehead atoms. The van der Waals surface area contributed by atoms with E-state index in [1.54, 1.807) is 12.3 Å². The molecule has 1 atom stereocenters. The first kappa shape index (κ1) is 21.7. The minimum absolute atomic E-state index is 0.221. The van der Waals surface area contributed by atoms with Crippen LogP contribution in [0.2, 0.25) is 0 Å². The van der Waals surface area contributed by atoms with Gasteiger partial charge in [-0.2, -0.15) is 0 Å². The molecule has 1 aromatic carbocycles. The van der Waals surface area contributed by atoms with E-state index in [9.17, 15) is 13.2 Å². The molecule has 3 rings (SSSR count). The fourth-order valence-corrected chi connectivity index (χ4v) is 3.76. The number of nitrogens with zero attached hydrogens (tertiary/aromatic N) is 3. The normalized spacial score (nSPS) is 17.2. The van der Waals surface area contributed by atoms with Crippen molar-refractivity contribution >= 4 is 33.5 Å². The summed E-state index contributed by atoms with van der Waals surface area (Å²) in [5, 5.41) is 11.8. The van der Waals surface area contributed by atoms with E-state index in [0.717, 1.165) is 44.0 Å². The third-order valence-electron chi connectivity index (χ3n) is 4.45. The fraction of sp³-hybridized carbons (Fsp3) is 0.316. The maximum absolute atomic E-state index is 11.4. The third-order valence-corrected chi connectivity index (χ3v) is 5.05. The molecule has 0 unspecified atom stereocenters. The molecule has 0 aliphatic carbocycles. The van der Waals surface area contributed by atoms with Crippen LogP contribution in [0.1, 0.15) is 17.7 Å². The molecule has 2 aromatic rings. The lowest BCUT2D eigenvalue weighted by Crippen LogP contribution is -2.26. The van der Waals surface area contributed by atoms with Crippen molar-refractivity contribution in [2.45, 2.75) is 19.0 Å². The van der Waals surface area contributed by atoms with Crippen LogP contribution < -0.4 is 15.5 Å². The van der Waals surface area contributed by atoms with Crippen LogP contribution in [-0.4, -0.2) is 59.8 Å². The zero-order valence-corrected chi connectivity index (χ0v) is 17.3. The number of hydrogen-bond donors (Lipinski definition) is 4. The van der Waals surface area contributed by atoms with E-state index in [-0.39, 0.29) is 6.04 Å². The van der Waals surface area contributed by atoms with Crippen LogP contribution in [-0.2, 0) is 21.4 Å². The highest BCUT2D eigenvalue weighted by molar-refractivity contribution is 7.92. The Bertz CT molecular complexity index is 1010. The van der Waals surface area contributed by atoms with Gasteiger partial charge in [-0.3, -0.25) is 24.6 Å². The first-order chi connectivity index (χ1) is 14.3. The van der Waals surface area contributed by atoms with Crippen LogP contribution in [0.3, 0.4) is 0 Å². The lowest BCUT2D eigenvalue weighted by molar-refractivity contribution is -0.124.